The summed E-state index contributed by atoms with van der Waals surface area (Å²) in [5.41, 5.74) is 0.977. The second-order valence-electron chi connectivity index (χ2n) is 3.52. The summed E-state index contributed by atoms with van der Waals surface area (Å²) in [6.45, 7) is 2.12. The van der Waals surface area contributed by atoms with E-state index >= 15 is 0 Å². The largest absolute Gasteiger partial charge is 0.465 e. The molecular weight excluding hydrogens is 213 g/mol. The zero-order chi connectivity index (χ0) is 11.7. The number of halogens is 1. The van der Waals surface area contributed by atoms with Crippen LogP contribution in [-0.4, -0.2) is 39.2 Å². The van der Waals surface area contributed by atoms with Crippen molar-refractivity contribution < 1.29 is 14.3 Å². The molecule has 2 rings (SSSR count). The van der Waals surface area contributed by atoms with Gasteiger partial charge in [0.15, 0.2) is 11.6 Å². The molecule has 0 spiro atoms. The Bertz CT molecular complexity index is 473. The molecule has 0 bridgehead atoms. The highest BCUT2D eigenvalue weighted by atomic mass is 19.1. The van der Waals surface area contributed by atoms with Crippen molar-refractivity contribution in [1.82, 2.24) is 14.9 Å². The van der Waals surface area contributed by atoms with Crippen LogP contribution in [0.5, 0.6) is 0 Å². The second-order valence-corrected chi connectivity index (χ2v) is 3.52. The average molecular weight is 223 g/mol. The first kappa shape index (κ1) is 10.5. The van der Waals surface area contributed by atoms with Gasteiger partial charge in [-0.15, -0.1) is 0 Å². The van der Waals surface area contributed by atoms with Crippen molar-refractivity contribution in [3.8, 4) is 0 Å². The Morgan fingerprint density at radius 2 is 2.38 bits per heavy atom. The minimum Gasteiger partial charge on any atom is -0.465 e. The number of carboxylic acid groups (broad SMARTS) is 1. The van der Waals surface area contributed by atoms with Crippen molar-refractivity contribution in [3.63, 3.8) is 0 Å². The monoisotopic (exact) mass is 223 g/mol. The molecule has 84 valence electrons. The number of carbonyl (C=O) groups is 1. The molecule has 1 N–H and O–H groups in total. The van der Waals surface area contributed by atoms with Crippen molar-refractivity contribution in [3.05, 3.63) is 29.6 Å². The second kappa shape index (κ2) is 3.88. The molecule has 0 aliphatic carbocycles. The third-order valence-electron chi connectivity index (χ3n) is 2.40. The van der Waals surface area contributed by atoms with Gasteiger partial charge in [0.25, 0.3) is 0 Å². The lowest BCUT2D eigenvalue weighted by atomic mass is 10.2. The Morgan fingerprint density at radius 3 is 2.94 bits per heavy atom. The van der Waals surface area contributed by atoms with E-state index in [1.54, 1.807) is 13.0 Å². The van der Waals surface area contributed by atoms with Gasteiger partial charge >= 0.3 is 6.09 Å². The number of hydrogen-bond acceptors (Lipinski definition) is 3. The van der Waals surface area contributed by atoms with E-state index in [0.29, 0.717) is 17.9 Å². The third-order valence-corrected chi connectivity index (χ3v) is 2.40. The van der Waals surface area contributed by atoms with E-state index in [2.05, 4.69) is 9.97 Å². The fourth-order valence-corrected chi connectivity index (χ4v) is 1.47. The van der Waals surface area contributed by atoms with Gasteiger partial charge in [-0.2, -0.15) is 0 Å². The lowest BCUT2D eigenvalue weighted by Crippen LogP contribution is -2.26. The number of aryl methyl sites for hydroxylation is 1. The molecule has 2 heterocycles. The molecule has 0 saturated carbocycles. The first-order chi connectivity index (χ1) is 7.58. The van der Waals surface area contributed by atoms with E-state index < -0.39 is 11.9 Å². The molecule has 0 aromatic carbocycles. The van der Waals surface area contributed by atoms with Gasteiger partial charge < -0.3 is 10.0 Å². The van der Waals surface area contributed by atoms with Crippen molar-refractivity contribution >= 4 is 11.7 Å². The van der Waals surface area contributed by atoms with Gasteiger partial charge in [0.1, 0.15) is 0 Å². The normalized spacial score (nSPS) is 15.1. The van der Waals surface area contributed by atoms with E-state index in [-0.39, 0.29) is 12.2 Å². The van der Waals surface area contributed by atoms with Crippen LogP contribution in [0.25, 0.3) is 5.57 Å². The number of amides is 1. The first-order valence-electron chi connectivity index (χ1n) is 4.74. The highest BCUT2D eigenvalue weighted by Gasteiger charge is 2.21. The molecule has 1 aliphatic rings. The molecule has 1 aliphatic heterocycles. The highest BCUT2D eigenvalue weighted by Crippen LogP contribution is 2.18. The van der Waals surface area contributed by atoms with Crippen molar-refractivity contribution in [1.29, 1.82) is 0 Å². The number of nitrogens with zero attached hydrogens (tertiary/aromatic N) is 3. The van der Waals surface area contributed by atoms with Crippen molar-refractivity contribution in [2.45, 2.75) is 6.92 Å². The Kier molecular flexibility index (Phi) is 2.55. The van der Waals surface area contributed by atoms with Crippen LogP contribution in [0.15, 0.2) is 12.3 Å². The first-order valence-corrected chi connectivity index (χ1v) is 4.74. The maximum absolute atomic E-state index is 12.9. The summed E-state index contributed by atoms with van der Waals surface area (Å²) in [5, 5.41) is 8.77. The summed E-state index contributed by atoms with van der Waals surface area (Å²) in [5.74, 6) is -0.0694. The van der Waals surface area contributed by atoms with Crippen LogP contribution in [0.4, 0.5) is 9.18 Å². The molecule has 6 heteroatoms. The molecule has 1 aromatic rings. The predicted molar refractivity (Wildman–Crippen MR) is 54.3 cm³/mol. The van der Waals surface area contributed by atoms with Gasteiger partial charge in [0.05, 0.1) is 18.4 Å². The topological polar surface area (TPSA) is 66.3 Å². The molecule has 0 radical (unpaired) electrons. The van der Waals surface area contributed by atoms with Gasteiger partial charge in [-0.3, -0.25) is 0 Å². The average Bonchev–Trinajstić information content (AvgIpc) is 2.71. The summed E-state index contributed by atoms with van der Waals surface area (Å²) in [7, 11) is 0. The summed E-state index contributed by atoms with van der Waals surface area (Å²) >= 11 is 0. The van der Waals surface area contributed by atoms with E-state index in [1.165, 1.54) is 4.90 Å². The molecule has 0 unspecified atom stereocenters. The van der Waals surface area contributed by atoms with Gasteiger partial charge in [-0.25, -0.2) is 19.2 Å². The van der Waals surface area contributed by atoms with Crippen LogP contribution in [0.3, 0.4) is 0 Å². The summed E-state index contributed by atoms with van der Waals surface area (Å²) in [4.78, 5) is 19.7. The Balaban J connectivity index is 2.21. The molecule has 0 atom stereocenters. The van der Waals surface area contributed by atoms with E-state index in [4.69, 9.17) is 5.11 Å². The van der Waals surface area contributed by atoms with Gasteiger partial charge in [0, 0.05) is 12.1 Å². The lowest BCUT2D eigenvalue weighted by molar-refractivity contribution is 0.158. The summed E-state index contributed by atoms with van der Waals surface area (Å²) < 4.78 is 12.9. The van der Waals surface area contributed by atoms with Gasteiger partial charge in [-0.05, 0) is 6.92 Å². The zero-order valence-corrected chi connectivity index (χ0v) is 8.64. The summed E-state index contributed by atoms with van der Waals surface area (Å²) in [6.07, 6.45) is 1.85. The van der Waals surface area contributed by atoms with Gasteiger partial charge in [-0.1, -0.05) is 6.08 Å². The van der Waals surface area contributed by atoms with Crippen LogP contribution in [0.1, 0.15) is 11.5 Å². The Labute approximate surface area is 91.2 Å². The standard InChI is InChI=1S/C10H10FN3O2/c1-6-8(11)4-12-9(13-6)7-2-3-14(5-7)10(15)16/h2,4H,3,5H2,1H3,(H,15,16). The summed E-state index contributed by atoms with van der Waals surface area (Å²) in [6, 6.07) is 0. The number of aromatic nitrogens is 2. The quantitative estimate of drug-likeness (QED) is 0.779. The van der Waals surface area contributed by atoms with Crippen molar-refractivity contribution in [2.24, 2.45) is 0 Å². The fourth-order valence-electron chi connectivity index (χ4n) is 1.47. The van der Waals surface area contributed by atoms with Crippen LogP contribution >= 0.6 is 0 Å². The third kappa shape index (κ3) is 1.86. The molecule has 0 fully saturated rings. The minimum absolute atomic E-state index is 0.250. The number of rotatable bonds is 1. The molecule has 5 nitrogen and oxygen atoms in total. The fraction of sp³-hybridized carbons (Fsp3) is 0.300. The molecule has 1 aromatic heterocycles. The van der Waals surface area contributed by atoms with E-state index in [0.717, 1.165) is 6.20 Å². The van der Waals surface area contributed by atoms with Gasteiger partial charge in [0.2, 0.25) is 0 Å². The van der Waals surface area contributed by atoms with Crippen LogP contribution in [0, 0.1) is 12.7 Å². The van der Waals surface area contributed by atoms with Crippen LogP contribution in [0.2, 0.25) is 0 Å². The van der Waals surface area contributed by atoms with E-state index in [1.807, 2.05) is 0 Å². The maximum atomic E-state index is 12.9. The Morgan fingerprint density at radius 1 is 1.62 bits per heavy atom. The predicted octanol–water partition coefficient (Wildman–Crippen LogP) is 1.30. The zero-order valence-electron chi connectivity index (χ0n) is 8.64. The van der Waals surface area contributed by atoms with Crippen LogP contribution in [-0.2, 0) is 0 Å². The molecule has 0 saturated heterocycles. The number of hydrogen-bond donors (Lipinski definition) is 1. The molecular formula is C10H10FN3O2. The van der Waals surface area contributed by atoms with Crippen molar-refractivity contribution in [2.75, 3.05) is 13.1 Å². The van der Waals surface area contributed by atoms with E-state index in [9.17, 15) is 9.18 Å². The maximum Gasteiger partial charge on any atom is 0.407 e. The molecule has 1 amide bonds. The highest BCUT2D eigenvalue weighted by molar-refractivity contribution is 5.74. The SMILES string of the molecule is Cc1nc(C2=CCN(C(=O)O)C2)ncc1F. The lowest BCUT2D eigenvalue weighted by Gasteiger charge is -2.10. The van der Waals surface area contributed by atoms with Crippen LogP contribution < -0.4 is 0 Å². The minimum atomic E-state index is -0.981. The Hall–Kier alpha value is -1.98. The molecule has 16 heavy (non-hydrogen) atoms. The smallest absolute Gasteiger partial charge is 0.407 e.